The number of carbonyl (C=O) groups is 2. The van der Waals surface area contributed by atoms with Gasteiger partial charge in [0.2, 0.25) is 0 Å². The first-order valence-corrected chi connectivity index (χ1v) is 12.1. The smallest absolute Gasteiger partial charge is 0.196 e. The third-order valence-electron chi connectivity index (χ3n) is 4.63. The van der Waals surface area contributed by atoms with Crippen LogP contribution in [0.5, 0.6) is 0 Å². The van der Waals surface area contributed by atoms with Gasteiger partial charge in [-0.05, 0) is 65.6 Å². The highest BCUT2D eigenvalue weighted by atomic mass is 35.5. The molecule has 0 saturated heterocycles. The lowest BCUT2D eigenvalue weighted by molar-refractivity contribution is -0.112. The summed E-state index contributed by atoms with van der Waals surface area (Å²) in [7, 11) is 0. The van der Waals surface area contributed by atoms with Gasteiger partial charge in [0.1, 0.15) is 0 Å². The van der Waals surface area contributed by atoms with Crippen LogP contribution < -0.4 is 5.73 Å². The van der Waals surface area contributed by atoms with Crippen molar-refractivity contribution in [3.8, 4) is 0 Å². The molecule has 0 amide bonds. The van der Waals surface area contributed by atoms with Gasteiger partial charge in [0.05, 0.1) is 15.6 Å². The molecule has 2 N–H and O–H groups in total. The molecular formula is C25H27Cl2NO2S. The SMILES string of the molecule is CC/C=C(\C(=C/C(C)=O)CN)c1cc(CSCC)ccc1C(=O)c1c(Cl)cccc1Cl. The Balaban J connectivity index is 2.76. The number of ketones is 2. The molecule has 2 aromatic rings. The molecule has 0 atom stereocenters. The van der Waals surface area contributed by atoms with E-state index in [9.17, 15) is 9.59 Å². The van der Waals surface area contributed by atoms with Gasteiger partial charge in [-0.2, -0.15) is 11.8 Å². The Hall–Kier alpha value is -1.85. The molecule has 0 saturated carbocycles. The molecule has 0 radical (unpaired) electrons. The molecule has 0 spiro atoms. The van der Waals surface area contributed by atoms with E-state index < -0.39 is 0 Å². The lowest BCUT2D eigenvalue weighted by atomic mass is 9.88. The predicted molar refractivity (Wildman–Crippen MR) is 134 cm³/mol. The third kappa shape index (κ3) is 6.56. The van der Waals surface area contributed by atoms with Gasteiger partial charge in [-0.25, -0.2) is 0 Å². The van der Waals surface area contributed by atoms with E-state index in [2.05, 4.69) is 6.92 Å². The second kappa shape index (κ2) is 12.3. The number of hydrogen-bond donors (Lipinski definition) is 1. The summed E-state index contributed by atoms with van der Waals surface area (Å²) in [6.07, 6.45) is 4.25. The van der Waals surface area contributed by atoms with E-state index in [1.54, 1.807) is 30.0 Å². The number of benzene rings is 2. The first kappa shape index (κ1) is 25.4. The van der Waals surface area contributed by atoms with Crippen LogP contribution in [0.3, 0.4) is 0 Å². The Labute approximate surface area is 198 Å². The van der Waals surface area contributed by atoms with E-state index >= 15 is 0 Å². The normalized spacial score (nSPS) is 12.2. The Morgan fingerprint density at radius 3 is 2.29 bits per heavy atom. The van der Waals surface area contributed by atoms with Crippen molar-refractivity contribution in [2.45, 2.75) is 32.9 Å². The van der Waals surface area contributed by atoms with Crippen molar-refractivity contribution in [1.82, 2.24) is 0 Å². The fourth-order valence-corrected chi connectivity index (χ4v) is 4.47. The highest BCUT2D eigenvalue weighted by molar-refractivity contribution is 7.98. The molecule has 6 heteroatoms. The molecule has 0 aliphatic heterocycles. The minimum absolute atomic E-state index is 0.0952. The number of nitrogens with two attached hydrogens (primary N) is 1. The summed E-state index contributed by atoms with van der Waals surface area (Å²) in [6.45, 7) is 5.78. The lowest BCUT2D eigenvalue weighted by Gasteiger charge is -2.17. The van der Waals surface area contributed by atoms with E-state index in [0.717, 1.165) is 34.6 Å². The number of carbonyl (C=O) groups excluding carboxylic acids is 2. The molecule has 2 rings (SSSR count). The second-order valence-electron chi connectivity index (χ2n) is 6.95. The van der Waals surface area contributed by atoms with Crippen molar-refractivity contribution in [1.29, 1.82) is 0 Å². The average molecular weight is 476 g/mol. The number of rotatable bonds is 10. The molecule has 164 valence electrons. The molecule has 0 aliphatic carbocycles. The quantitative estimate of drug-likeness (QED) is 0.234. The molecule has 0 bridgehead atoms. The topological polar surface area (TPSA) is 60.2 Å². The summed E-state index contributed by atoms with van der Waals surface area (Å²) in [5, 5.41) is 0.599. The van der Waals surface area contributed by atoms with Crippen molar-refractivity contribution in [2.75, 3.05) is 12.3 Å². The minimum atomic E-state index is -0.263. The van der Waals surface area contributed by atoms with Gasteiger partial charge in [0, 0.05) is 17.9 Å². The third-order valence-corrected chi connectivity index (χ3v) is 6.21. The van der Waals surface area contributed by atoms with Gasteiger partial charge in [-0.3, -0.25) is 9.59 Å². The van der Waals surface area contributed by atoms with Gasteiger partial charge >= 0.3 is 0 Å². The Morgan fingerprint density at radius 1 is 1.06 bits per heavy atom. The molecule has 2 aromatic carbocycles. The van der Waals surface area contributed by atoms with Crippen LogP contribution in [0.1, 0.15) is 54.2 Å². The van der Waals surface area contributed by atoms with Crippen molar-refractivity contribution in [3.63, 3.8) is 0 Å². The van der Waals surface area contributed by atoms with E-state index in [1.165, 1.54) is 13.0 Å². The minimum Gasteiger partial charge on any atom is -0.326 e. The molecule has 0 unspecified atom stereocenters. The highest BCUT2D eigenvalue weighted by Gasteiger charge is 2.22. The fraction of sp³-hybridized carbons (Fsp3) is 0.280. The van der Waals surface area contributed by atoms with Crippen LogP contribution in [-0.4, -0.2) is 23.9 Å². The van der Waals surface area contributed by atoms with E-state index in [4.69, 9.17) is 28.9 Å². The summed E-state index contributed by atoms with van der Waals surface area (Å²) < 4.78 is 0. The van der Waals surface area contributed by atoms with Gasteiger partial charge in [-0.15, -0.1) is 0 Å². The van der Waals surface area contributed by atoms with Crippen molar-refractivity contribution in [2.24, 2.45) is 5.73 Å². The zero-order chi connectivity index (χ0) is 23.0. The van der Waals surface area contributed by atoms with E-state index in [1.807, 2.05) is 31.2 Å². The first-order chi connectivity index (χ1) is 14.8. The second-order valence-corrected chi connectivity index (χ2v) is 9.04. The molecule has 0 aromatic heterocycles. The first-order valence-electron chi connectivity index (χ1n) is 10.1. The van der Waals surface area contributed by atoms with Crippen LogP contribution in [-0.2, 0) is 10.5 Å². The van der Waals surface area contributed by atoms with Crippen LogP contribution in [0.4, 0.5) is 0 Å². The molecule has 0 heterocycles. The van der Waals surface area contributed by atoms with E-state index in [-0.39, 0.29) is 23.7 Å². The maximum atomic E-state index is 13.6. The van der Waals surface area contributed by atoms with Gasteiger partial charge in [0.15, 0.2) is 11.6 Å². The lowest BCUT2D eigenvalue weighted by Crippen LogP contribution is -2.12. The molecule has 31 heavy (non-hydrogen) atoms. The number of halogens is 2. The predicted octanol–water partition coefficient (Wildman–Crippen LogP) is 6.75. The van der Waals surface area contributed by atoms with Crippen LogP contribution >= 0.6 is 35.0 Å². The van der Waals surface area contributed by atoms with Gasteiger partial charge in [-0.1, -0.05) is 61.3 Å². The fourth-order valence-electron chi connectivity index (χ4n) is 3.28. The maximum absolute atomic E-state index is 13.6. The zero-order valence-corrected chi connectivity index (χ0v) is 20.3. The standard InChI is InChI=1S/C25H27Cl2NO2S/c1-4-7-19(18(14-28)12-16(3)29)21-13-17(15-31-5-2)10-11-20(21)25(30)24-22(26)8-6-9-23(24)27/h6-13H,4-5,14-15,28H2,1-3H3/b18-12-,19-7+. The summed E-state index contributed by atoms with van der Waals surface area (Å²) in [5.41, 5.74) is 10.0. The van der Waals surface area contributed by atoms with Crippen molar-refractivity contribution in [3.05, 3.63) is 86.4 Å². The van der Waals surface area contributed by atoms with Crippen LogP contribution in [0, 0.1) is 0 Å². The molecule has 0 fully saturated rings. The van der Waals surface area contributed by atoms with Crippen molar-refractivity contribution < 1.29 is 9.59 Å². The summed E-state index contributed by atoms with van der Waals surface area (Å²) in [6, 6.07) is 10.8. The Bertz CT molecular complexity index is 1010. The summed E-state index contributed by atoms with van der Waals surface area (Å²) in [4.78, 5) is 25.4. The monoisotopic (exact) mass is 475 g/mol. The largest absolute Gasteiger partial charge is 0.326 e. The highest BCUT2D eigenvalue weighted by Crippen LogP contribution is 2.33. The Morgan fingerprint density at radius 2 is 1.74 bits per heavy atom. The van der Waals surface area contributed by atoms with Gasteiger partial charge < -0.3 is 5.73 Å². The number of hydrogen-bond acceptors (Lipinski definition) is 4. The van der Waals surface area contributed by atoms with Crippen LogP contribution in [0.25, 0.3) is 5.57 Å². The summed E-state index contributed by atoms with van der Waals surface area (Å²) >= 11 is 14.4. The zero-order valence-electron chi connectivity index (χ0n) is 18.0. The number of allylic oxidation sites excluding steroid dienone is 2. The van der Waals surface area contributed by atoms with Crippen molar-refractivity contribution >= 4 is 52.1 Å². The summed E-state index contributed by atoms with van der Waals surface area (Å²) in [5.74, 6) is 1.45. The molecular weight excluding hydrogens is 449 g/mol. The molecule has 0 aliphatic rings. The van der Waals surface area contributed by atoms with Crippen LogP contribution in [0.2, 0.25) is 10.0 Å². The van der Waals surface area contributed by atoms with Crippen LogP contribution in [0.15, 0.2) is 54.1 Å². The average Bonchev–Trinajstić information content (AvgIpc) is 2.74. The van der Waals surface area contributed by atoms with E-state index in [0.29, 0.717) is 21.2 Å². The molecule has 3 nitrogen and oxygen atoms in total. The number of thioether (sulfide) groups is 1. The Kier molecular flexibility index (Phi) is 10.0. The van der Waals surface area contributed by atoms with Gasteiger partial charge in [0.25, 0.3) is 0 Å². The maximum Gasteiger partial charge on any atom is 0.196 e.